The van der Waals surface area contributed by atoms with Gasteiger partial charge in [-0.2, -0.15) is 0 Å². The number of hydrogen-bond acceptors (Lipinski definition) is 6. The average Bonchev–Trinajstić information content (AvgIpc) is 2.97. The fourth-order valence-electron chi connectivity index (χ4n) is 1.39. The van der Waals surface area contributed by atoms with E-state index in [1.807, 2.05) is 0 Å². The molecule has 0 unspecified atom stereocenters. The van der Waals surface area contributed by atoms with Crippen LogP contribution in [0.15, 0.2) is 29.7 Å². The molecule has 3 rings (SSSR count). The van der Waals surface area contributed by atoms with Crippen molar-refractivity contribution >= 4 is 17.0 Å². The van der Waals surface area contributed by atoms with Gasteiger partial charge >= 0.3 is 0 Å². The lowest BCUT2D eigenvalue weighted by molar-refractivity contribution is 0.556. The molecule has 3 heterocycles. The first-order valence-electron chi connectivity index (χ1n) is 4.68. The molecule has 0 aliphatic carbocycles. The predicted molar refractivity (Wildman–Crippen MR) is 55.5 cm³/mol. The van der Waals surface area contributed by atoms with Gasteiger partial charge in [0.15, 0.2) is 17.9 Å². The Morgan fingerprint density at radius 2 is 2.25 bits per heavy atom. The lowest BCUT2D eigenvalue weighted by atomic mass is 10.4. The van der Waals surface area contributed by atoms with Crippen LogP contribution in [0.1, 0.15) is 5.69 Å². The van der Waals surface area contributed by atoms with E-state index >= 15 is 0 Å². The summed E-state index contributed by atoms with van der Waals surface area (Å²) in [5.41, 5.74) is 2.23. The standard InChI is InChI=1S/C9H8N6O/c1(6-2-16-5-15-6)10-8-7-9(12-3-11-7)14-4-13-8/h2-5H,1H2,(H2,10,11,12,13,14). The number of rotatable bonds is 3. The van der Waals surface area contributed by atoms with Crippen molar-refractivity contribution in [2.24, 2.45) is 0 Å². The number of H-pyrrole nitrogens is 1. The molecule has 0 aliphatic rings. The maximum atomic E-state index is 4.87. The zero-order valence-electron chi connectivity index (χ0n) is 8.21. The molecule has 0 radical (unpaired) electrons. The molecule has 0 atom stereocenters. The van der Waals surface area contributed by atoms with Crippen LogP contribution in [0.2, 0.25) is 0 Å². The van der Waals surface area contributed by atoms with E-state index in [0.29, 0.717) is 23.5 Å². The largest absolute Gasteiger partial charge is 0.451 e. The highest BCUT2D eigenvalue weighted by molar-refractivity contribution is 5.81. The van der Waals surface area contributed by atoms with E-state index in [2.05, 4.69) is 30.2 Å². The zero-order valence-corrected chi connectivity index (χ0v) is 8.21. The van der Waals surface area contributed by atoms with Crippen LogP contribution in [0.5, 0.6) is 0 Å². The third kappa shape index (κ3) is 1.48. The fourth-order valence-corrected chi connectivity index (χ4v) is 1.39. The molecule has 3 aromatic rings. The summed E-state index contributed by atoms with van der Waals surface area (Å²) in [6.07, 6.45) is 6.03. The van der Waals surface area contributed by atoms with Crippen molar-refractivity contribution in [3.63, 3.8) is 0 Å². The first kappa shape index (κ1) is 8.84. The van der Waals surface area contributed by atoms with E-state index in [-0.39, 0.29) is 0 Å². The molecule has 2 N–H and O–H groups in total. The number of aromatic amines is 1. The van der Waals surface area contributed by atoms with Crippen molar-refractivity contribution < 1.29 is 4.42 Å². The molecule has 7 nitrogen and oxygen atoms in total. The molecule has 0 amide bonds. The third-order valence-corrected chi connectivity index (χ3v) is 2.14. The van der Waals surface area contributed by atoms with Crippen molar-refractivity contribution in [3.05, 3.63) is 31.0 Å². The van der Waals surface area contributed by atoms with Gasteiger partial charge in [-0.25, -0.2) is 19.9 Å². The van der Waals surface area contributed by atoms with E-state index in [4.69, 9.17) is 4.42 Å². The number of imidazole rings is 1. The van der Waals surface area contributed by atoms with Gasteiger partial charge in [-0.3, -0.25) is 0 Å². The molecular formula is C9H8N6O. The number of nitrogens with zero attached hydrogens (tertiary/aromatic N) is 4. The van der Waals surface area contributed by atoms with E-state index in [0.717, 1.165) is 5.69 Å². The molecule has 0 saturated heterocycles. The Morgan fingerprint density at radius 3 is 3.12 bits per heavy atom. The highest BCUT2D eigenvalue weighted by Gasteiger charge is 2.05. The number of anilines is 1. The van der Waals surface area contributed by atoms with Crippen molar-refractivity contribution in [2.75, 3.05) is 5.32 Å². The number of fused-ring (bicyclic) bond motifs is 1. The predicted octanol–water partition coefficient (Wildman–Crippen LogP) is 0.953. The van der Waals surface area contributed by atoms with Gasteiger partial charge in [0.1, 0.15) is 18.1 Å². The minimum Gasteiger partial charge on any atom is -0.451 e. The number of nitrogens with one attached hydrogen (secondary N) is 2. The quantitative estimate of drug-likeness (QED) is 0.677. The normalized spacial score (nSPS) is 10.8. The molecule has 0 bridgehead atoms. The summed E-state index contributed by atoms with van der Waals surface area (Å²) in [7, 11) is 0. The lowest BCUT2D eigenvalue weighted by Gasteiger charge is -2.02. The average molecular weight is 216 g/mol. The van der Waals surface area contributed by atoms with Crippen molar-refractivity contribution in [3.8, 4) is 0 Å². The minimum absolute atomic E-state index is 0.537. The van der Waals surface area contributed by atoms with E-state index in [1.165, 1.54) is 12.7 Å². The van der Waals surface area contributed by atoms with Crippen molar-refractivity contribution in [2.45, 2.75) is 6.54 Å². The van der Waals surface area contributed by atoms with Crippen LogP contribution in [-0.4, -0.2) is 24.9 Å². The van der Waals surface area contributed by atoms with Crippen LogP contribution in [-0.2, 0) is 6.54 Å². The summed E-state index contributed by atoms with van der Waals surface area (Å²) >= 11 is 0. The summed E-state index contributed by atoms with van der Waals surface area (Å²) in [6.45, 7) is 0.537. The SMILES string of the molecule is c1nc(NCc2cocn2)c2nc[nH]c2n1. The molecule has 0 spiro atoms. The molecule has 0 saturated carbocycles. The molecule has 0 aromatic carbocycles. The fraction of sp³-hybridized carbons (Fsp3) is 0.111. The Hall–Kier alpha value is -2.44. The molecule has 0 aliphatic heterocycles. The monoisotopic (exact) mass is 216 g/mol. The minimum atomic E-state index is 0.537. The highest BCUT2D eigenvalue weighted by atomic mass is 16.3. The van der Waals surface area contributed by atoms with Crippen LogP contribution in [0.3, 0.4) is 0 Å². The van der Waals surface area contributed by atoms with E-state index in [1.54, 1.807) is 12.6 Å². The van der Waals surface area contributed by atoms with Gasteiger partial charge in [-0.1, -0.05) is 0 Å². The molecule has 3 aromatic heterocycles. The highest BCUT2D eigenvalue weighted by Crippen LogP contribution is 2.14. The molecule has 16 heavy (non-hydrogen) atoms. The van der Waals surface area contributed by atoms with Gasteiger partial charge in [-0.15, -0.1) is 0 Å². The Kier molecular flexibility index (Phi) is 1.99. The maximum Gasteiger partial charge on any atom is 0.180 e. The van der Waals surface area contributed by atoms with Crippen LogP contribution >= 0.6 is 0 Å². The summed E-state index contributed by atoms with van der Waals surface area (Å²) < 4.78 is 4.87. The Bertz CT molecular complexity index is 587. The smallest absolute Gasteiger partial charge is 0.180 e. The number of aromatic nitrogens is 5. The number of oxazole rings is 1. The van der Waals surface area contributed by atoms with Gasteiger partial charge in [-0.05, 0) is 0 Å². The molecule has 0 fully saturated rings. The first-order valence-corrected chi connectivity index (χ1v) is 4.68. The van der Waals surface area contributed by atoms with Gasteiger partial charge in [0.2, 0.25) is 0 Å². The Balaban J connectivity index is 1.86. The second-order valence-corrected chi connectivity index (χ2v) is 3.16. The molecule has 7 heteroatoms. The summed E-state index contributed by atoms with van der Waals surface area (Å²) in [5, 5.41) is 3.12. The van der Waals surface area contributed by atoms with Crippen LogP contribution in [0.4, 0.5) is 5.82 Å². The van der Waals surface area contributed by atoms with Crippen molar-refractivity contribution in [1.29, 1.82) is 0 Å². The third-order valence-electron chi connectivity index (χ3n) is 2.14. The zero-order chi connectivity index (χ0) is 10.8. The summed E-state index contributed by atoms with van der Waals surface area (Å²) in [6, 6.07) is 0. The first-order chi connectivity index (χ1) is 7.93. The van der Waals surface area contributed by atoms with Gasteiger partial charge < -0.3 is 14.7 Å². The second-order valence-electron chi connectivity index (χ2n) is 3.16. The van der Waals surface area contributed by atoms with Crippen LogP contribution < -0.4 is 5.32 Å². The van der Waals surface area contributed by atoms with Gasteiger partial charge in [0, 0.05) is 0 Å². The Labute approximate surface area is 90.0 Å². The van der Waals surface area contributed by atoms with Crippen LogP contribution in [0, 0.1) is 0 Å². The number of hydrogen-bond donors (Lipinski definition) is 2. The van der Waals surface area contributed by atoms with Gasteiger partial charge in [0.25, 0.3) is 0 Å². The van der Waals surface area contributed by atoms with Crippen molar-refractivity contribution in [1.82, 2.24) is 24.9 Å². The topological polar surface area (TPSA) is 92.5 Å². The second kappa shape index (κ2) is 3.61. The molecular weight excluding hydrogens is 208 g/mol. The maximum absolute atomic E-state index is 4.87. The Morgan fingerprint density at radius 1 is 1.25 bits per heavy atom. The lowest BCUT2D eigenvalue weighted by Crippen LogP contribution is -2.02. The van der Waals surface area contributed by atoms with Crippen LogP contribution in [0.25, 0.3) is 11.2 Å². The summed E-state index contributed by atoms with van der Waals surface area (Å²) in [4.78, 5) is 19.2. The summed E-state index contributed by atoms with van der Waals surface area (Å²) in [5.74, 6) is 0.675. The molecule has 80 valence electrons. The van der Waals surface area contributed by atoms with Gasteiger partial charge in [0.05, 0.1) is 18.6 Å². The van der Waals surface area contributed by atoms with E-state index < -0.39 is 0 Å². The van der Waals surface area contributed by atoms with E-state index in [9.17, 15) is 0 Å².